The van der Waals surface area contributed by atoms with E-state index in [-0.39, 0.29) is 35.6 Å². The molecule has 0 aromatic heterocycles. The SMILES string of the molecule is CCOC(C)OC1CC(=C(C)O)C(CO[Si](C)(C)C(C)(C)C)C2OC(C)(C)OC12. The molecule has 1 saturated carbocycles. The van der Waals surface area contributed by atoms with Gasteiger partial charge in [-0.15, -0.1) is 0 Å². The number of rotatable bonds is 7. The van der Waals surface area contributed by atoms with Crippen LogP contribution in [0, 0.1) is 5.92 Å². The van der Waals surface area contributed by atoms with E-state index < -0.39 is 14.1 Å². The molecule has 29 heavy (non-hydrogen) atoms. The molecule has 0 aromatic rings. The normalized spacial score (nSPS) is 32.8. The quantitative estimate of drug-likeness (QED) is 0.342. The van der Waals surface area contributed by atoms with Crippen LogP contribution in [0.1, 0.15) is 61.8 Å². The Morgan fingerprint density at radius 1 is 1.24 bits per heavy atom. The summed E-state index contributed by atoms with van der Waals surface area (Å²) in [5.74, 6) is -0.457. The number of fused-ring (bicyclic) bond motifs is 1. The Hall–Kier alpha value is -0.443. The highest BCUT2D eigenvalue weighted by Crippen LogP contribution is 2.45. The predicted molar refractivity (Wildman–Crippen MR) is 116 cm³/mol. The third-order valence-electron chi connectivity index (χ3n) is 6.46. The van der Waals surface area contributed by atoms with Crippen LogP contribution in [-0.2, 0) is 23.4 Å². The van der Waals surface area contributed by atoms with Crippen molar-refractivity contribution in [3.8, 4) is 0 Å². The van der Waals surface area contributed by atoms with Crippen molar-refractivity contribution in [3.05, 3.63) is 11.3 Å². The van der Waals surface area contributed by atoms with Crippen LogP contribution in [0.15, 0.2) is 11.3 Å². The lowest BCUT2D eigenvalue weighted by Gasteiger charge is -2.42. The highest BCUT2D eigenvalue weighted by atomic mass is 28.4. The van der Waals surface area contributed by atoms with Crippen LogP contribution >= 0.6 is 0 Å². The second kappa shape index (κ2) is 8.97. The van der Waals surface area contributed by atoms with Gasteiger partial charge in [0.2, 0.25) is 0 Å². The zero-order chi connectivity index (χ0) is 22.2. The largest absolute Gasteiger partial charge is 0.513 e. The predicted octanol–water partition coefficient (Wildman–Crippen LogP) is 5.15. The fourth-order valence-electron chi connectivity index (χ4n) is 3.87. The molecular formula is C22H42O6Si. The Balaban J connectivity index is 2.28. The van der Waals surface area contributed by atoms with E-state index in [0.717, 1.165) is 5.57 Å². The minimum absolute atomic E-state index is 0.0665. The molecule has 0 aromatic carbocycles. The molecule has 2 fully saturated rings. The lowest BCUT2D eigenvalue weighted by molar-refractivity contribution is -0.201. The van der Waals surface area contributed by atoms with Crippen molar-refractivity contribution in [3.63, 3.8) is 0 Å². The Bertz CT molecular complexity index is 591. The summed E-state index contributed by atoms with van der Waals surface area (Å²) in [4.78, 5) is 0. The van der Waals surface area contributed by atoms with Crippen molar-refractivity contribution >= 4 is 8.32 Å². The molecule has 5 unspecified atom stereocenters. The summed E-state index contributed by atoms with van der Waals surface area (Å²) in [6, 6.07) is 0. The Morgan fingerprint density at radius 2 is 1.83 bits per heavy atom. The zero-order valence-electron chi connectivity index (χ0n) is 20.0. The lowest BCUT2D eigenvalue weighted by atomic mass is 9.78. The molecule has 6 nitrogen and oxygen atoms in total. The van der Waals surface area contributed by atoms with Crippen molar-refractivity contribution in [2.24, 2.45) is 5.92 Å². The second-order valence-corrected chi connectivity index (χ2v) is 15.1. The van der Waals surface area contributed by atoms with Gasteiger partial charge in [0.25, 0.3) is 0 Å². The average molecular weight is 431 g/mol. The number of aliphatic hydroxyl groups is 1. The highest BCUT2D eigenvalue weighted by Gasteiger charge is 2.54. The van der Waals surface area contributed by atoms with E-state index in [1.165, 1.54) is 0 Å². The summed E-state index contributed by atoms with van der Waals surface area (Å²) in [6.45, 7) is 21.7. The van der Waals surface area contributed by atoms with Crippen molar-refractivity contribution < 1.29 is 28.5 Å². The molecule has 2 aliphatic rings. The van der Waals surface area contributed by atoms with Crippen molar-refractivity contribution in [1.82, 2.24) is 0 Å². The average Bonchev–Trinajstić information content (AvgIpc) is 2.88. The minimum atomic E-state index is -1.94. The standard InChI is InChI=1S/C22H42O6Si/c1-11-24-15(3)26-18-12-16(14(2)23)17(13-25-29(9,10)21(4,5)6)19-20(18)28-22(7,8)27-19/h15,17-20,23H,11-13H2,1-10H3. The summed E-state index contributed by atoms with van der Waals surface area (Å²) in [5.41, 5.74) is 0.931. The van der Waals surface area contributed by atoms with E-state index in [1.807, 2.05) is 27.7 Å². The van der Waals surface area contributed by atoms with Crippen molar-refractivity contribution in [1.29, 1.82) is 0 Å². The van der Waals surface area contributed by atoms with Crippen molar-refractivity contribution in [2.45, 2.75) is 110 Å². The van der Waals surface area contributed by atoms with Gasteiger partial charge >= 0.3 is 0 Å². The molecule has 2 rings (SSSR count). The minimum Gasteiger partial charge on any atom is -0.513 e. The molecule has 5 atom stereocenters. The van der Waals surface area contributed by atoms with E-state index in [1.54, 1.807) is 6.92 Å². The maximum absolute atomic E-state index is 10.5. The van der Waals surface area contributed by atoms with Crippen molar-refractivity contribution in [2.75, 3.05) is 13.2 Å². The summed E-state index contributed by atoms with van der Waals surface area (Å²) in [5, 5.41) is 10.6. The molecule has 7 heteroatoms. The number of aliphatic hydroxyl groups excluding tert-OH is 1. The van der Waals surface area contributed by atoms with Gasteiger partial charge in [-0.25, -0.2) is 0 Å². The Kier molecular flexibility index (Phi) is 7.67. The topological polar surface area (TPSA) is 66.4 Å². The number of allylic oxidation sites excluding steroid dienone is 1. The van der Waals surface area contributed by atoms with Gasteiger partial charge in [0, 0.05) is 25.6 Å². The number of hydrogen-bond acceptors (Lipinski definition) is 6. The first-order chi connectivity index (χ1) is 13.2. The Morgan fingerprint density at radius 3 is 2.34 bits per heavy atom. The molecule has 0 bridgehead atoms. The van der Waals surface area contributed by atoms with Crippen LogP contribution in [0.2, 0.25) is 18.1 Å². The smallest absolute Gasteiger partial charge is 0.192 e. The third kappa shape index (κ3) is 5.83. The van der Waals surface area contributed by atoms with Gasteiger partial charge in [-0.1, -0.05) is 20.8 Å². The van der Waals surface area contributed by atoms with Gasteiger partial charge in [-0.3, -0.25) is 0 Å². The first-order valence-electron chi connectivity index (χ1n) is 10.8. The molecule has 0 radical (unpaired) electrons. The van der Waals surface area contributed by atoms with Crippen LogP contribution in [0.4, 0.5) is 0 Å². The third-order valence-corrected chi connectivity index (χ3v) is 11.0. The molecule has 1 saturated heterocycles. The first kappa shape index (κ1) is 24.8. The van der Waals surface area contributed by atoms with Gasteiger partial charge in [0.1, 0.15) is 6.10 Å². The highest BCUT2D eigenvalue weighted by molar-refractivity contribution is 6.74. The fraction of sp³-hybridized carbons (Fsp3) is 0.909. The molecule has 1 aliphatic carbocycles. The lowest BCUT2D eigenvalue weighted by Crippen LogP contribution is -2.51. The van der Waals surface area contributed by atoms with Gasteiger partial charge in [0.15, 0.2) is 20.4 Å². The maximum atomic E-state index is 10.5. The summed E-state index contributed by atoms with van der Waals surface area (Å²) < 4.78 is 30.8. The molecule has 1 N–H and O–H groups in total. The monoisotopic (exact) mass is 430 g/mol. The molecule has 0 spiro atoms. The van der Waals surface area contributed by atoms with E-state index in [0.29, 0.717) is 25.4 Å². The summed E-state index contributed by atoms with van der Waals surface area (Å²) >= 11 is 0. The number of ether oxygens (including phenoxy) is 4. The molecule has 170 valence electrons. The summed E-state index contributed by atoms with van der Waals surface area (Å²) in [7, 11) is -1.94. The van der Waals surface area contributed by atoms with Gasteiger partial charge in [0.05, 0.1) is 18.0 Å². The van der Waals surface area contributed by atoms with Gasteiger partial charge < -0.3 is 28.5 Å². The molecule has 0 amide bonds. The van der Waals surface area contributed by atoms with E-state index in [2.05, 4.69) is 33.9 Å². The molecule has 1 aliphatic heterocycles. The van der Waals surface area contributed by atoms with E-state index in [4.69, 9.17) is 23.4 Å². The van der Waals surface area contributed by atoms with Crippen LogP contribution in [0.3, 0.4) is 0 Å². The van der Waals surface area contributed by atoms with Crippen LogP contribution in [0.5, 0.6) is 0 Å². The maximum Gasteiger partial charge on any atom is 0.192 e. The Labute approximate surface area is 178 Å². The zero-order valence-corrected chi connectivity index (χ0v) is 21.0. The van der Waals surface area contributed by atoms with E-state index >= 15 is 0 Å². The first-order valence-corrected chi connectivity index (χ1v) is 13.7. The van der Waals surface area contributed by atoms with Gasteiger partial charge in [-0.2, -0.15) is 0 Å². The molecule has 1 heterocycles. The van der Waals surface area contributed by atoms with Crippen LogP contribution < -0.4 is 0 Å². The van der Waals surface area contributed by atoms with E-state index in [9.17, 15) is 5.11 Å². The fourth-order valence-corrected chi connectivity index (χ4v) is 4.90. The van der Waals surface area contributed by atoms with Crippen LogP contribution in [-0.4, -0.2) is 57.0 Å². The van der Waals surface area contributed by atoms with Crippen LogP contribution in [0.25, 0.3) is 0 Å². The summed E-state index contributed by atoms with van der Waals surface area (Å²) in [6.07, 6.45) is -0.488. The number of hydrogen-bond donors (Lipinski definition) is 1. The second-order valence-electron chi connectivity index (χ2n) is 10.3. The van der Waals surface area contributed by atoms with Gasteiger partial charge in [-0.05, 0) is 58.3 Å². The molecular weight excluding hydrogens is 388 g/mol.